The maximum atomic E-state index is 12.8. The minimum atomic E-state index is -0.309. The molecule has 0 spiro atoms. The second kappa shape index (κ2) is 11.1. The highest BCUT2D eigenvalue weighted by Gasteiger charge is 2.25. The third-order valence-corrected chi connectivity index (χ3v) is 6.41. The lowest BCUT2D eigenvalue weighted by atomic mass is 10.0. The number of aryl methyl sites for hydroxylation is 1. The summed E-state index contributed by atoms with van der Waals surface area (Å²) in [6.45, 7) is 7.98. The number of carbonyl (C=O) groups excluding carboxylic acids is 2. The van der Waals surface area contributed by atoms with Crippen LogP contribution in [0.1, 0.15) is 60.2 Å². The average Bonchev–Trinajstić information content (AvgIpc) is 3.16. The van der Waals surface area contributed by atoms with Gasteiger partial charge in [-0.2, -0.15) is 0 Å². The Morgan fingerprint density at radius 1 is 1.00 bits per heavy atom. The molecular formula is C25H31N5O2S. The number of aromatic nitrogens is 3. The lowest BCUT2D eigenvalue weighted by Crippen LogP contribution is -2.33. The number of rotatable bonds is 9. The molecule has 2 atom stereocenters. The van der Waals surface area contributed by atoms with Gasteiger partial charge in [0.05, 0.1) is 17.8 Å². The Morgan fingerprint density at radius 2 is 1.73 bits per heavy atom. The molecule has 1 heterocycles. The molecule has 174 valence electrons. The summed E-state index contributed by atoms with van der Waals surface area (Å²) in [6.07, 6.45) is 0. The largest absolute Gasteiger partial charge is 0.349 e. The van der Waals surface area contributed by atoms with Crippen molar-refractivity contribution in [2.24, 2.45) is 13.0 Å². The van der Waals surface area contributed by atoms with Crippen molar-refractivity contribution in [2.75, 3.05) is 5.75 Å². The van der Waals surface area contributed by atoms with E-state index in [-0.39, 0.29) is 35.6 Å². The lowest BCUT2D eigenvalue weighted by molar-refractivity contribution is -0.119. The Hall–Kier alpha value is -3.13. The molecule has 2 amide bonds. The standard InChI is InChI=1S/C25H31N5O2S/c1-16(2)22(27-24(32)20-13-9-10-17(3)14-20)23-28-29-25(30(23)5)33-15-21(31)26-18(4)19-11-7-6-8-12-19/h6-14,16,18,22H,15H2,1-5H3,(H,26,31)(H,27,32)/t18-,22-/m0/s1. The molecule has 2 N–H and O–H groups in total. The quantitative estimate of drug-likeness (QED) is 0.462. The summed E-state index contributed by atoms with van der Waals surface area (Å²) in [7, 11) is 1.86. The van der Waals surface area contributed by atoms with E-state index in [0.29, 0.717) is 16.5 Å². The number of nitrogens with one attached hydrogen (secondary N) is 2. The van der Waals surface area contributed by atoms with Gasteiger partial charge in [-0.3, -0.25) is 9.59 Å². The van der Waals surface area contributed by atoms with Crippen molar-refractivity contribution in [1.82, 2.24) is 25.4 Å². The molecule has 0 radical (unpaired) electrons. The zero-order chi connectivity index (χ0) is 24.0. The molecule has 2 aromatic carbocycles. The molecule has 8 heteroatoms. The lowest BCUT2D eigenvalue weighted by Gasteiger charge is -2.22. The van der Waals surface area contributed by atoms with Crippen molar-refractivity contribution in [2.45, 2.75) is 44.9 Å². The van der Waals surface area contributed by atoms with E-state index in [1.54, 1.807) is 6.07 Å². The monoisotopic (exact) mass is 465 g/mol. The highest BCUT2D eigenvalue weighted by atomic mass is 32.2. The Labute approximate surface area is 199 Å². The van der Waals surface area contributed by atoms with Crippen molar-refractivity contribution < 1.29 is 9.59 Å². The van der Waals surface area contributed by atoms with Gasteiger partial charge in [0, 0.05) is 12.6 Å². The Balaban J connectivity index is 1.64. The molecule has 33 heavy (non-hydrogen) atoms. The maximum absolute atomic E-state index is 12.8. The van der Waals surface area contributed by atoms with Gasteiger partial charge in [0.1, 0.15) is 0 Å². The molecule has 7 nitrogen and oxygen atoms in total. The summed E-state index contributed by atoms with van der Waals surface area (Å²) in [5.74, 6) is 0.768. The summed E-state index contributed by atoms with van der Waals surface area (Å²) in [5.41, 5.74) is 2.70. The van der Waals surface area contributed by atoms with Crippen LogP contribution in [0.3, 0.4) is 0 Å². The van der Waals surface area contributed by atoms with Gasteiger partial charge in [0.25, 0.3) is 5.91 Å². The first-order valence-corrected chi connectivity index (χ1v) is 12.0. The zero-order valence-corrected chi connectivity index (χ0v) is 20.5. The number of benzene rings is 2. The van der Waals surface area contributed by atoms with Crippen LogP contribution in [0.4, 0.5) is 0 Å². The normalized spacial score (nSPS) is 12.9. The van der Waals surface area contributed by atoms with Crippen LogP contribution in [0.25, 0.3) is 0 Å². The maximum Gasteiger partial charge on any atom is 0.251 e. The molecule has 0 aliphatic heterocycles. The van der Waals surface area contributed by atoms with Crippen LogP contribution in [-0.2, 0) is 11.8 Å². The topological polar surface area (TPSA) is 88.9 Å². The summed E-state index contributed by atoms with van der Waals surface area (Å²) in [6, 6.07) is 16.9. The average molecular weight is 466 g/mol. The van der Waals surface area contributed by atoms with Gasteiger partial charge in [-0.25, -0.2) is 0 Å². The SMILES string of the molecule is Cc1cccc(C(=O)N[C@H](c2nnc(SCC(=O)N[C@@H](C)c3ccccc3)n2C)C(C)C)c1. The molecule has 0 unspecified atom stereocenters. The van der Waals surface area contributed by atoms with Crippen LogP contribution in [0, 0.1) is 12.8 Å². The van der Waals surface area contributed by atoms with Gasteiger partial charge in [-0.15, -0.1) is 10.2 Å². The molecular weight excluding hydrogens is 434 g/mol. The Kier molecular flexibility index (Phi) is 8.27. The second-order valence-electron chi connectivity index (χ2n) is 8.45. The highest BCUT2D eigenvalue weighted by Crippen LogP contribution is 2.24. The predicted molar refractivity (Wildman–Crippen MR) is 131 cm³/mol. The molecule has 0 aliphatic carbocycles. The van der Waals surface area contributed by atoms with Crippen LogP contribution in [-0.4, -0.2) is 32.3 Å². The van der Waals surface area contributed by atoms with Gasteiger partial charge in [0.2, 0.25) is 5.91 Å². The molecule has 1 aromatic heterocycles. The van der Waals surface area contributed by atoms with Crippen molar-refractivity contribution in [3.8, 4) is 0 Å². The summed E-state index contributed by atoms with van der Waals surface area (Å²) in [5, 5.41) is 15.3. The van der Waals surface area contributed by atoms with E-state index in [1.165, 1.54) is 11.8 Å². The van der Waals surface area contributed by atoms with E-state index in [4.69, 9.17) is 0 Å². The smallest absolute Gasteiger partial charge is 0.251 e. The number of hydrogen-bond acceptors (Lipinski definition) is 5. The Bertz CT molecular complexity index is 1100. The van der Waals surface area contributed by atoms with Crippen molar-refractivity contribution >= 4 is 23.6 Å². The summed E-state index contributed by atoms with van der Waals surface area (Å²) in [4.78, 5) is 25.3. The van der Waals surface area contributed by atoms with Gasteiger partial charge in [-0.1, -0.05) is 73.6 Å². The molecule has 0 aliphatic rings. The van der Waals surface area contributed by atoms with E-state index >= 15 is 0 Å². The first kappa shape index (κ1) is 24.5. The first-order chi connectivity index (χ1) is 15.8. The molecule has 3 aromatic rings. The number of hydrogen-bond donors (Lipinski definition) is 2. The molecule has 0 saturated heterocycles. The highest BCUT2D eigenvalue weighted by molar-refractivity contribution is 7.99. The Morgan fingerprint density at radius 3 is 2.39 bits per heavy atom. The second-order valence-corrected chi connectivity index (χ2v) is 9.40. The fourth-order valence-electron chi connectivity index (χ4n) is 3.50. The molecule has 0 fully saturated rings. The van der Waals surface area contributed by atoms with Gasteiger partial charge in [0.15, 0.2) is 11.0 Å². The van der Waals surface area contributed by atoms with E-state index in [9.17, 15) is 9.59 Å². The van der Waals surface area contributed by atoms with E-state index < -0.39 is 0 Å². The third-order valence-electron chi connectivity index (χ3n) is 5.39. The van der Waals surface area contributed by atoms with Crippen LogP contribution in [0.2, 0.25) is 0 Å². The minimum absolute atomic E-state index is 0.0727. The van der Waals surface area contributed by atoms with Gasteiger partial charge in [-0.05, 0) is 37.5 Å². The number of carbonyl (C=O) groups is 2. The molecule has 0 bridgehead atoms. The van der Waals surface area contributed by atoms with Gasteiger partial charge < -0.3 is 15.2 Å². The number of thioether (sulfide) groups is 1. The van der Waals surface area contributed by atoms with E-state index in [1.807, 2.05) is 87.8 Å². The van der Waals surface area contributed by atoms with E-state index in [0.717, 1.165) is 11.1 Å². The molecule has 0 saturated carbocycles. The number of nitrogens with zero attached hydrogens (tertiary/aromatic N) is 3. The summed E-state index contributed by atoms with van der Waals surface area (Å²) >= 11 is 1.32. The van der Waals surface area contributed by atoms with Gasteiger partial charge >= 0.3 is 0 Å². The fourth-order valence-corrected chi connectivity index (χ4v) is 4.23. The fraction of sp³-hybridized carbons (Fsp3) is 0.360. The van der Waals surface area contributed by atoms with Crippen molar-refractivity contribution in [3.63, 3.8) is 0 Å². The van der Waals surface area contributed by atoms with Crippen molar-refractivity contribution in [1.29, 1.82) is 0 Å². The third kappa shape index (κ3) is 6.44. The van der Waals surface area contributed by atoms with E-state index in [2.05, 4.69) is 20.8 Å². The first-order valence-electron chi connectivity index (χ1n) is 11.0. The number of amides is 2. The zero-order valence-electron chi connectivity index (χ0n) is 19.7. The molecule has 3 rings (SSSR count). The minimum Gasteiger partial charge on any atom is -0.349 e. The van der Waals surface area contributed by atoms with Crippen LogP contribution < -0.4 is 10.6 Å². The van der Waals surface area contributed by atoms with Crippen molar-refractivity contribution in [3.05, 3.63) is 77.1 Å². The van der Waals surface area contributed by atoms with Crippen LogP contribution in [0.5, 0.6) is 0 Å². The van der Waals surface area contributed by atoms with Crippen LogP contribution in [0.15, 0.2) is 59.8 Å². The predicted octanol–water partition coefficient (Wildman–Crippen LogP) is 4.22. The summed E-state index contributed by atoms with van der Waals surface area (Å²) < 4.78 is 1.85. The van der Waals surface area contributed by atoms with Crippen LogP contribution >= 0.6 is 11.8 Å².